The highest BCUT2D eigenvalue weighted by Gasteiger charge is 2.29. The number of ether oxygens (including phenoxy) is 1. The Bertz CT molecular complexity index is 471. The van der Waals surface area contributed by atoms with Crippen LogP contribution < -0.4 is 10.6 Å². The number of benzene rings is 1. The Morgan fingerprint density at radius 3 is 2.74 bits per heavy atom. The number of anilines is 2. The van der Waals surface area contributed by atoms with E-state index in [9.17, 15) is 4.79 Å². The molecule has 4 nitrogen and oxygen atoms in total. The zero-order valence-corrected chi connectivity index (χ0v) is 11.2. The molecule has 19 heavy (non-hydrogen) atoms. The molecule has 102 valence electrons. The molecule has 1 aliphatic carbocycles. The third-order valence-electron chi connectivity index (χ3n) is 3.81. The van der Waals surface area contributed by atoms with Crippen LogP contribution in [0.25, 0.3) is 0 Å². The maximum atomic E-state index is 11.7. The van der Waals surface area contributed by atoms with E-state index in [1.165, 1.54) is 0 Å². The molecular weight excluding hydrogens is 240 g/mol. The van der Waals surface area contributed by atoms with E-state index in [-0.39, 0.29) is 17.9 Å². The average Bonchev–Trinajstić information content (AvgIpc) is 3.16. The summed E-state index contributed by atoms with van der Waals surface area (Å²) in [6.07, 6.45) is 3.33. The SMILES string of the molecule is CC1OCCC1Nc1cccc(NC(=O)C2CC2)c1. The van der Waals surface area contributed by atoms with Gasteiger partial charge in [0.15, 0.2) is 0 Å². The highest BCUT2D eigenvalue weighted by Crippen LogP contribution is 2.30. The Balaban J connectivity index is 1.63. The van der Waals surface area contributed by atoms with Crippen LogP contribution in [0.4, 0.5) is 11.4 Å². The quantitative estimate of drug-likeness (QED) is 0.875. The van der Waals surface area contributed by atoms with Crippen LogP contribution in [0.5, 0.6) is 0 Å². The van der Waals surface area contributed by atoms with Gasteiger partial charge in [-0.1, -0.05) is 6.07 Å². The van der Waals surface area contributed by atoms with Crippen molar-refractivity contribution in [3.8, 4) is 0 Å². The molecule has 1 amide bonds. The summed E-state index contributed by atoms with van der Waals surface area (Å²) in [5.74, 6) is 0.384. The van der Waals surface area contributed by atoms with Crippen LogP contribution in [0.3, 0.4) is 0 Å². The predicted octanol–water partition coefficient (Wildman–Crippen LogP) is 2.62. The number of nitrogens with one attached hydrogen (secondary N) is 2. The second-order valence-corrected chi connectivity index (χ2v) is 5.46. The van der Waals surface area contributed by atoms with E-state index in [1.54, 1.807) is 0 Å². The zero-order valence-electron chi connectivity index (χ0n) is 11.2. The lowest BCUT2D eigenvalue weighted by atomic mass is 10.1. The number of amides is 1. The Labute approximate surface area is 113 Å². The van der Waals surface area contributed by atoms with Gasteiger partial charge in [0.2, 0.25) is 5.91 Å². The lowest BCUT2D eigenvalue weighted by molar-refractivity contribution is -0.117. The monoisotopic (exact) mass is 260 g/mol. The van der Waals surface area contributed by atoms with E-state index in [1.807, 2.05) is 24.3 Å². The van der Waals surface area contributed by atoms with Gasteiger partial charge in [0.25, 0.3) is 0 Å². The Kier molecular flexibility index (Phi) is 3.42. The first-order valence-corrected chi connectivity index (χ1v) is 7.01. The van der Waals surface area contributed by atoms with E-state index in [0.717, 1.165) is 37.2 Å². The fourth-order valence-corrected chi connectivity index (χ4v) is 2.41. The van der Waals surface area contributed by atoms with E-state index < -0.39 is 0 Å². The van der Waals surface area contributed by atoms with Gasteiger partial charge in [-0.3, -0.25) is 4.79 Å². The standard InChI is InChI=1S/C15H20N2O2/c1-10-14(7-8-19-10)16-12-3-2-4-13(9-12)17-15(18)11-5-6-11/h2-4,9-11,14,16H,5-8H2,1H3,(H,17,18). The average molecular weight is 260 g/mol. The molecule has 1 aliphatic heterocycles. The highest BCUT2D eigenvalue weighted by molar-refractivity contribution is 5.94. The van der Waals surface area contributed by atoms with Crippen molar-refractivity contribution in [3.05, 3.63) is 24.3 Å². The van der Waals surface area contributed by atoms with Gasteiger partial charge in [-0.2, -0.15) is 0 Å². The smallest absolute Gasteiger partial charge is 0.227 e. The first-order chi connectivity index (χ1) is 9.22. The van der Waals surface area contributed by atoms with Crippen LogP contribution in [0.2, 0.25) is 0 Å². The molecule has 3 rings (SSSR count). The second kappa shape index (κ2) is 5.21. The molecule has 1 heterocycles. The van der Waals surface area contributed by atoms with Crippen LogP contribution in [-0.2, 0) is 9.53 Å². The van der Waals surface area contributed by atoms with Crippen molar-refractivity contribution in [3.63, 3.8) is 0 Å². The molecule has 2 fully saturated rings. The minimum absolute atomic E-state index is 0.148. The number of hydrogen-bond acceptors (Lipinski definition) is 3. The molecule has 2 N–H and O–H groups in total. The summed E-state index contributed by atoms with van der Waals surface area (Å²) in [7, 11) is 0. The molecular formula is C15H20N2O2. The summed E-state index contributed by atoms with van der Waals surface area (Å²) >= 11 is 0. The Morgan fingerprint density at radius 2 is 2.05 bits per heavy atom. The topological polar surface area (TPSA) is 50.4 Å². The molecule has 0 radical (unpaired) electrons. The summed E-state index contributed by atoms with van der Waals surface area (Å²) in [6.45, 7) is 2.90. The fourth-order valence-electron chi connectivity index (χ4n) is 2.41. The van der Waals surface area contributed by atoms with Crippen LogP contribution in [-0.4, -0.2) is 24.7 Å². The minimum atomic E-state index is 0.148. The molecule has 1 saturated carbocycles. The normalized spacial score (nSPS) is 26.2. The summed E-state index contributed by atoms with van der Waals surface area (Å²) in [5, 5.41) is 6.44. The van der Waals surface area contributed by atoms with E-state index in [2.05, 4.69) is 17.6 Å². The molecule has 2 atom stereocenters. The Morgan fingerprint density at radius 1 is 1.26 bits per heavy atom. The van der Waals surface area contributed by atoms with Crippen molar-refractivity contribution < 1.29 is 9.53 Å². The maximum absolute atomic E-state index is 11.7. The molecule has 4 heteroatoms. The maximum Gasteiger partial charge on any atom is 0.227 e. The van der Waals surface area contributed by atoms with Crippen LogP contribution in [0, 0.1) is 5.92 Å². The van der Waals surface area contributed by atoms with Crippen molar-refractivity contribution in [2.75, 3.05) is 17.2 Å². The molecule has 2 unspecified atom stereocenters. The fraction of sp³-hybridized carbons (Fsp3) is 0.533. The van der Waals surface area contributed by atoms with Crippen molar-refractivity contribution in [1.29, 1.82) is 0 Å². The molecule has 0 aromatic heterocycles. The first kappa shape index (κ1) is 12.5. The van der Waals surface area contributed by atoms with Gasteiger partial charge in [0.05, 0.1) is 12.1 Å². The third-order valence-corrected chi connectivity index (χ3v) is 3.81. The summed E-state index contributed by atoms with van der Waals surface area (Å²) in [4.78, 5) is 11.7. The van der Waals surface area contributed by atoms with Crippen LogP contribution in [0.15, 0.2) is 24.3 Å². The number of hydrogen-bond donors (Lipinski definition) is 2. The van der Waals surface area contributed by atoms with Gasteiger partial charge in [0, 0.05) is 23.9 Å². The van der Waals surface area contributed by atoms with Crippen LogP contribution >= 0.6 is 0 Å². The zero-order chi connectivity index (χ0) is 13.2. The third kappa shape index (κ3) is 3.07. The molecule has 0 spiro atoms. The van der Waals surface area contributed by atoms with Crippen molar-refractivity contribution in [2.24, 2.45) is 5.92 Å². The summed E-state index contributed by atoms with van der Waals surface area (Å²) in [6, 6.07) is 8.27. The summed E-state index contributed by atoms with van der Waals surface area (Å²) in [5.41, 5.74) is 1.91. The van der Waals surface area contributed by atoms with Crippen molar-refractivity contribution in [2.45, 2.75) is 38.3 Å². The number of carbonyl (C=O) groups excluding carboxylic acids is 1. The minimum Gasteiger partial charge on any atom is -0.380 e. The highest BCUT2D eigenvalue weighted by atomic mass is 16.5. The predicted molar refractivity (Wildman–Crippen MR) is 75.2 cm³/mol. The van der Waals surface area contributed by atoms with Crippen molar-refractivity contribution >= 4 is 17.3 Å². The van der Waals surface area contributed by atoms with Gasteiger partial charge >= 0.3 is 0 Å². The lowest BCUT2D eigenvalue weighted by Crippen LogP contribution is -2.26. The van der Waals surface area contributed by atoms with E-state index in [0.29, 0.717) is 6.04 Å². The summed E-state index contributed by atoms with van der Waals surface area (Å²) < 4.78 is 5.54. The molecule has 1 saturated heterocycles. The van der Waals surface area contributed by atoms with Crippen LogP contribution in [0.1, 0.15) is 26.2 Å². The lowest BCUT2D eigenvalue weighted by Gasteiger charge is -2.18. The molecule has 2 aliphatic rings. The molecule has 1 aromatic rings. The van der Waals surface area contributed by atoms with Gasteiger partial charge in [-0.25, -0.2) is 0 Å². The van der Waals surface area contributed by atoms with Gasteiger partial charge < -0.3 is 15.4 Å². The second-order valence-electron chi connectivity index (χ2n) is 5.46. The van der Waals surface area contributed by atoms with E-state index >= 15 is 0 Å². The number of carbonyl (C=O) groups is 1. The van der Waals surface area contributed by atoms with Crippen molar-refractivity contribution in [1.82, 2.24) is 0 Å². The largest absolute Gasteiger partial charge is 0.380 e. The number of rotatable bonds is 4. The van der Waals surface area contributed by atoms with Gasteiger partial charge in [-0.05, 0) is 44.4 Å². The first-order valence-electron chi connectivity index (χ1n) is 7.01. The van der Waals surface area contributed by atoms with Gasteiger partial charge in [-0.15, -0.1) is 0 Å². The Hall–Kier alpha value is -1.55. The van der Waals surface area contributed by atoms with E-state index in [4.69, 9.17) is 4.74 Å². The van der Waals surface area contributed by atoms with Gasteiger partial charge in [0.1, 0.15) is 0 Å². The molecule has 0 bridgehead atoms. The molecule has 1 aromatic carbocycles.